The molecule has 0 unspecified atom stereocenters. The van der Waals surface area contributed by atoms with Crippen LogP contribution in [0.2, 0.25) is 0 Å². The standard InChI is InChI=1S/C44H27NO/c1-2-11-32(12-3-1)45-39-17-5-4-13-37(39)44-35-16-8-14-33(34(35)24-25-40(44)45)29-21-19-28(20-22-29)31-23-26-41-38(27-31)36-15-6-9-30-10-7-18-42(46-41)43(30)36/h1-27H. The third-order valence-electron chi connectivity index (χ3n) is 9.59. The van der Waals surface area contributed by atoms with Crippen LogP contribution >= 0.6 is 0 Å². The maximum atomic E-state index is 6.34. The van der Waals surface area contributed by atoms with Crippen molar-refractivity contribution in [3.8, 4) is 50.6 Å². The van der Waals surface area contributed by atoms with E-state index in [1.165, 1.54) is 76.9 Å². The summed E-state index contributed by atoms with van der Waals surface area (Å²) in [6.07, 6.45) is 0. The summed E-state index contributed by atoms with van der Waals surface area (Å²) in [6, 6.07) is 59.0. The highest BCUT2D eigenvalue weighted by Crippen LogP contribution is 2.47. The monoisotopic (exact) mass is 585 g/mol. The zero-order valence-corrected chi connectivity index (χ0v) is 24.9. The Bertz CT molecular complexity index is 2640. The molecule has 0 aliphatic carbocycles. The second-order valence-corrected chi connectivity index (χ2v) is 12.1. The fourth-order valence-corrected chi connectivity index (χ4v) is 7.52. The first-order valence-electron chi connectivity index (χ1n) is 15.8. The molecule has 0 amide bonds. The third-order valence-corrected chi connectivity index (χ3v) is 9.59. The summed E-state index contributed by atoms with van der Waals surface area (Å²) in [6.45, 7) is 0. The predicted molar refractivity (Wildman–Crippen MR) is 192 cm³/mol. The molecule has 1 aliphatic heterocycles. The Kier molecular flexibility index (Phi) is 5.31. The number of fused-ring (bicyclic) bond motifs is 7. The van der Waals surface area contributed by atoms with Gasteiger partial charge in [0.25, 0.3) is 0 Å². The normalized spacial score (nSPS) is 12.1. The molecular formula is C44H27NO. The van der Waals surface area contributed by atoms with E-state index in [9.17, 15) is 0 Å². The number of para-hydroxylation sites is 2. The fourth-order valence-electron chi connectivity index (χ4n) is 7.52. The van der Waals surface area contributed by atoms with Crippen molar-refractivity contribution < 1.29 is 4.74 Å². The van der Waals surface area contributed by atoms with Crippen molar-refractivity contribution in [2.45, 2.75) is 0 Å². The van der Waals surface area contributed by atoms with Crippen molar-refractivity contribution in [2.24, 2.45) is 0 Å². The molecule has 2 nitrogen and oxygen atoms in total. The van der Waals surface area contributed by atoms with Crippen LogP contribution in [0.5, 0.6) is 11.5 Å². The van der Waals surface area contributed by atoms with E-state index in [-0.39, 0.29) is 0 Å². The zero-order chi connectivity index (χ0) is 30.2. The summed E-state index contributed by atoms with van der Waals surface area (Å²) in [4.78, 5) is 0. The first kappa shape index (κ1) is 25.2. The molecule has 8 aromatic carbocycles. The van der Waals surface area contributed by atoms with E-state index in [1.807, 2.05) is 0 Å². The van der Waals surface area contributed by atoms with Gasteiger partial charge in [0, 0.05) is 27.4 Å². The molecule has 0 N–H and O–H groups in total. The van der Waals surface area contributed by atoms with Crippen molar-refractivity contribution >= 4 is 43.4 Å². The summed E-state index contributed by atoms with van der Waals surface area (Å²) in [5.74, 6) is 1.83. The summed E-state index contributed by atoms with van der Waals surface area (Å²) in [7, 11) is 0. The van der Waals surface area contributed by atoms with Gasteiger partial charge in [-0.1, -0.05) is 121 Å². The molecule has 0 saturated heterocycles. The molecule has 2 heteroatoms. The third kappa shape index (κ3) is 3.65. The van der Waals surface area contributed by atoms with E-state index in [2.05, 4.69) is 168 Å². The largest absolute Gasteiger partial charge is 0.456 e. The van der Waals surface area contributed by atoms with E-state index in [4.69, 9.17) is 4.74 Å². The van der Waals surface area contributed by atoms with E-state index >= 15 is 0 Å². The Morgan fingerprint density at radius 3 is 1.98 bits per heavy atom. The van der Waals surface area contributed by atoms with Gasteiger partial charge in [-0.15, -0.1) is 0 Å². The number of benzene rings is 8. The van der Waals surface area contributed by atoms with Crippen LogP contribution in [-0.4, -0.2) is 4.57 Å². The van der Waals surface area contributed by atoms with Crippen LogP contribution < -0.4 is 4.74 Å². The Morgan fingerprint density at radius 1 is 0.370 bits per heavy atom. The molecule has 214 valence electrons. The van der Waals surface area contributed by atoms with Gasteiger partial charge in [-0.3, -0.25) is 0 Å². The lowest BCUT2D eigenvalue weighted by Crippen LogP contribution is -1.97. The smallest absolute Gasteiger partial charge is 0.135 e. The predicted octanol–water partition coefficient (Wildman–Crippen LogP) is 12.2. The van der Waals surface area contributed by atoms with Crippen molar-refractivity contribution in [2.75, 3.05) is 0 Å². The van der Waals surface area contributed by atoms with E-state index in [0.29, 0.717) is 0 Å². The van der Waals surface area contributed by atoms with Crippen LogP contribution in [-0.2, 0) is 0 Å². The highest BCUT2D eigenvalue weighted by Gasteiger charge is 2.20. The van der Waals surface area contributed by atoms with Crippen LogP contribution in [0.3, 0.4) is 0 Å². The molecule has 0 atom stereocenters. The highest BCUT2D eigenvalue weighted by molar-refractivity contribution is 6.23. The Balaban J connectivity index is 1.09. The lowest BCUT2D eigenvalue weighted by atomic mass is 9.91. The van der Waals surface area contributed by atoms with Crippen molar-refractivity contribution in [1.82, 2.24) is 4.57 Å². The van der Waals surface area contributed by atoms with Crippen LogP contribution in [0.4, 0.5) is 0 Å². The molecule has 1 aromatic heterocycles. The summed E-state index contributed by atoms with van der Waals surface area (Å²) in [5, 5.41) is 7.48. The molecule has 1 aliphatic rings. The number of nitrogens with zero attached hydrogens (tertiary/aromatic N) is 1. The summed E-state index contributed by atoms with van der Waals surface area (Å²) >= 11 is 0. The Hall–Kier alpha value is -6.12. The Morgan fingerprint density at radius 2 is 1.09 bits per heavy atom. The number of hydrogen-bond donors (Lipinski definition) is 0. The zero-order valence-electron chi connectivity index (χ0n) is 24.9. The first-order chi connectivity index (χ1) is 22.8. The minimum atomic E-state index is 0.905. The first-order valence-corrected chi connectivity index (χ1v) is 15.8. The van der Waals surface area contributed by atoms with Gasteiger partial charge in [-0.2, -0.15) is 0 Å². The molecule has 0 fully saturated rings. The topological polar surface area (TPSA) is 14.2 Å². The second kappa shape index (κ2) is 9.69. The van der Waals surface area contributed by atoms with Gasteiger partial charge in [0.05, 0.1) is 11.0 Å². The van der Waals surface area contributed by atoms with Crippen molar-refractivity contribution in [1.29, 1.82) is 0 Å². The van der Waals surface area contributed by atoms with Gasteiger partial charge in [0.1, 0.15) is 11.5 Å². The van der Waals surface area contributed by atoms with E-state index in [0.717, 1.165) is 17.1 Å². The average Bonchev–Trinajstić information content (AvgIpc) is 3.47. The molecule has 0 radical (unpaired) electrons. The number of aromatic nitrogens is 1. The minimum Gasteiger partial charge on any atom is -0.456 e. The molecular weight excluding hydrogens is 558 g/mol. The number of hydrogen-bond acceptors (Lipinski definition) is 1. The second-order valence-electron chi connectivity index (χ2n) is 12.1. The van der Waals surface area contributed by atoms with Crippen LogP contribution in [0.25, 0.3) is 82.4 Å². The van der Waals surface area contributed by atoms with Crippen molar-refractivity contribution in [3.63, 3.8) is 0 Å². The van der Waals surface area contributed by atoms with Gasteiger partial charge >= 0.3 is 0 Å². The molecule has 2 heterocycles. The fraction of sp³-hybridized carbons (Fsp3) is 0. The van der Waals surface area contributed by atoms with Crippen molar-refractivity contribution in [3.05, 3.63) is 164 Å². The van der Waals surface area contributed by atoms with Crippen LogP contribution in [0, 0.1) is 0 Å². The molecule has 0 spiro atoms. The lowest BCUT2D eigenvalue weighted by molar-refractivity contribution is 0.487. The van der Waals surface area contributed by atoms with Crippen LogP contribution in [0.15, 0.2) is 164 Å². The Labute approximate surface area is 266 Å². The minimum absolute atomic E-state index is 0.905. The summed E-state index contributed by atoms with van der Waals surface area (Å²) < 4.78 is 8.72. The summed E-state index contributed by atoms with van der Waals surface area (Å²) in [5.41, 5.74) is 10.8. The molecule has 0 bridgehead atoms. The van der Waals surface area contributed by atoms with Gasteiger partial charge in [-0.25, -0.2) is 0 Å². The van der Waals surface area contributed by atoms with Gasteiger partial charge in [-0.05, 0) is 86.4 Å². The number of rotatable bonds is 3. The molecule has 0 saturated carbocycles. The van der Waals surface area contributed by atoms with E-state index in [1.54, 1.807) is 0 Å². The quantitative estimate of drug-likeness (QED) is 0.201. The van der Waals surface area contributed by atoms with Gasteiger partial charge in [0.15, 0.2) is 0 Å². The maximum Gasteiger partial charge on any atom is 0.135 e. The maximum absolute atomic E-state index is 6.34. The SMILES string of the molecule is c1ccc(-n2c3ccccc3c3c4cccc(-c5ccc(-c6ccc7c(c6)-c6cccc8cccc(c68)O7)cc5)c4ccc32)cc1. The molecule has 10 rings (SSSR count). The van der Waals surface area contributed by atoms with Crippen LogP contribution in [0.1, 0.15) is 0 Å². The van der Waals surface area contributed by atoms with E-state index < -0.39 is 0 Å². The van der Waals surface area contributed by atoms with Gasteiger partial charge in [0.2, 0.25) is 0 Å². The molecule has 9 aromatic rings. The highest BCUT2D eigenvalue weighted by atomic mass is 16.5. The number of ether oxygens (including phenoxy) is 1. The molecule has 46 heavy (non-hydrogen) atoms. The lowest BCUT2D eigenvalue weighted by Gasteiger charge is -2.22. The van der Waals surface area contributed by atoms with Gasteiger partial charge < -0.3 is 9.30 Å². The average molecular weight is 586 g/mol.